The molecule has 464 valence electrons. The lowest BCUT2D eigenvalue weighted by Crippen LogP contribution is -2.58. The first kappa shape index (κ1) is 71.6. The van der Waals surface area contributed by atoms with Gasteiger partial charge in [0, 0.05) is 74.5 Å². The molecule has 0 aliphatic carbocycles. The minimum Gasteiger partial charge on any atom is -0.394 e. The van der Waals surface area contributed by atoms with Crippen LogP contribution in [0.3, 0.4) is 0 Å². The van der Waals surface area contributed by atoms with Crippen LogP contribution in [0.1, 0.15) is 63.3 Å². The van der Waals surface area contributed by atoms with Crippen molar-refractivity contribution < 1.29 is 79.3 Å². The summed E-state index contributed by atoms with van der Waals surface area (Å²) in [6, 6.07) is 0. The Morgan fingerprint density at radius 3 is 1.21 bits per heavy atom. The molecule has 2 aromatic heterocycles. The highest BCUT2D eigenvalue weighted by Gasteiger charge is 2.35. The van der Waals surface area contributed by atoms with E-state index in [-0.39, 0.29) is 89.0 Å². The maximum Gasteiger partial charge on any atom is 0.221 e. The minimum absolute atomic E-state index is 0.0205. The highest BCUT2D eigenvalue weighted by molar-refractivity contribution is 7.99. The summed E-state index contributed by atoms with van der Waals surface area (Å²) in [5.74, 6) is 3.75. The van der Waals surface area contributed by atoms with Crippen molar-refractivity contribution in [1.82, 2.24) is 67.2 Å². The second kappa shape index (κ2) is 40.6. The van der Waals surface area contributed by atoms with Gasteiger partial charge >= 0.3 is 0 Å². The number of aliphatic hydroxyl groups excluding tert-OH is 9. The lowest BCUT2D eigenvalue weighted by atomic mass is 10.0. The van der Waals surface area contributed by atoms with Crippen LogP contribution in [-0.2, 0) is 59.7 Å². The predicted octanol–water partition coefficient (Wildman–Crippen LogP) is -4.18. The van der Waals surface area contributed by atoms with Crippen LogP contribution in [0.15, 0.2) is 24.3 Å². The Labute approximate surface area is 489 Å². The van der Waals surface area contributed by atoms with E-state index >= 15 is 0 Å². The average molecular weight is 1230 g/mol. The molecule has 1 aliphatic heterocycles. The number of carbonyl (C=O) groups excluding carboxylic acids is 4. The second-order valence-corrected chi connectivity index (χ2v) is 24.4. The van der Waals surface area contributed by atoms with Crippen molar-refractivity contribution in [3.63, 3.8) is 0 Å². The van der Waals surface area contributed by atoms with E-state index in [4.69, 9.17) is 14.2 Å². The van der Waals surface area contributed by atoms with Crippen LogP contribution in [0.25, 0.3) is 0 Å². The molecule has 3 rings (SSSR count). The first-order chi connectivity index (χ1) is 39.2. The average Bonchev–Trinajstić information content (AvgIpc) is 4.27. The summed E-state index contributed by atoms with van der Waals surface area (Å²) < 4.78 is 22.3. The second-order valence-electron chi connectivity index (χ2n) is 19.3. The van der Waals surface area contributed by atoms with E-state index in [2.05, 4.69) is 52.9 Å². The number of rotatable bonds is 50. The number of amides is 4. The van der Waals surface area contributed by atoms with Gasteiger partial charge in [-0.15, -0.1) is 15.7 Å². The van der Waals surface area contributed by atoms with Crippen molar-refractivity contribution >= 4 is 70.7 Å². The maximum atomic E-state index is 13.6. The van der Waals surface area contributed by atoms with Gasteiger partial charge in [0.25, 0.3) is 0 Å². The number of aryl methyl sites for hydroxylation is 2. The van der Waals surface area contributed by atoms with E-state index in [1.807, 2.05) is 18.1 Å². The molecule has 81 heavy (non-hydrogen) atoms. The van der Waals surface area contributed by atoms with E-state index < -0.39 is 81.6 Å². The number of thioether (sulfide) groups is 4. The zero-order chi connectivity index (χ0) is 59.3. The molecule has 1 aliphatic rings. The highest BCUT2D eigenvalue weighted by atomic mass is 32.2. The lowest BCUT2D eigenvalue weighted by Gasteiger charge is -2.34. The standard InChI is InChI=1S/C48H87N13O16S4/c1-2-78-16-6-44(74)52-48(35-75-23-38-20-59(56-53-38)10-3-13-79-17-7-41(71)49-45(26-62,27-63)28-64,36-76-24-39-21-60(57-54-39)11-4-14-80-18-8-42(72)50-46(29-65,30-66)31-67)37-77-25-40-22-61(58-55-40)12-5-15-81-19-9-43(73)51-47(32-68,33-69)34-70/h20-22,53,56,62-70H,2-19,23-37H2,1H3,(H,49,71)(H,50,72)(H,51,73)(H,52,74). The van der Waals surface area contributed by atoms with Gasteiger partial charge in [0.05, 0.1) is 117 Å². The number of hydrogen-bond donors (Lipinski definition) is 15. The molecule has 15 N–H and O–H groups in total. The molecule has 0 radical (unpaired) electrons. The van der Waals surface area contributed by atoms with Crippen molar-refractivity contribution in [3.8, 4) is 0 Å². The molecule has 29 nitrogen and oxygen atoms in total. The fourth-order valence-electron chi connectivity index (χ4n) is 7.25. The molecule has 4 amide bonds. The third-order valence-corrected chi connectivity index (χ3v) is 16.3. The number of ether oxygens (including phenoxy) is 3. The van der Waals surface area contributed by atoms with Crippen molar-refractivity contribution in [1.29, 1.82) is 0 Å². The summed E-state index contributed by atoms with van der Waals surface area (Å²) >= 11 is 6.31. The number of carbonyl (C=O) groups is 4. The topological polar surface area (TPSA) is 415 Å². The molecule has 0 atom stereocenters. The van der Waals surface area contributed by atoms with Crippen LogP contribution in [0.5, 0.6) is 0 Å². The Hall–Kier alpha value is -3.62. The highest BCUT2D eigenvalue weighted by Crippen LogP contribution is 2.17. The molecule has 0 spiro atoms. The molecule has 33 heteroatoms. The molecule has 0 fully saturated rings. The van der Waals surface area contributed by atoms with Crippen LogP contribution < -0.4 is 32.2 Å². The van der Waals surface area contributed by atoms with Gasteiger partial charge in [-0.25, -0.2) is 0 Å². The van der Waals surface area contributed by atoms with Crippen molar-refractivity contribution in [3.05, 3.63) is 35.7 Å². The summed E-state index contributed by atoms with van der Waals surface area (Å²) in [5.41, 5.74) is 2.45. The Morgan fingerprint density at radius 1 is 0.494 bits per heavy atom. The van der Waals surface area contributed by atoms with E-state index in [0.717, 1.165) is 36.5 Å². The fraction of sp³-hybridized carbons (Fsp3) is 0.792. The quantitative estimate of drug-likeness (QED) is 0.0279. The number of hydrogen-bond acceptors (Lipinski definition) is 27. The van der Waals surface area contributed by atoms with Crippen LogP contribution in [0.2, 0.25) is 0 Å². The van der Waals surface area contributed by atoms with Gasteiger partial charge in [-0.2, -0.15) is 47.0 Å². The van der Waals surface area contributed by atoms with Gasteiger partial charge < -0.3 is 86.9 Å². The maximum absolute atomic E-state index is 13.6. The van der Waals surface area contributed by atoms with E-state index in [1.54, 1.807) is 68.8 Å². The van der Waals surface area contributed by atoms with Crippen LogP contribution in [0.4, 0.5) is 0 Å². The summed E-state index contributed by atoms with van der Waals surface area (Å²) in [6.45, 7) is -1.43. The number of hydrazine groups is 2. The Morgan fingerprint density at radius 2 is 0.840 bits per heavy atom. The Balaban J connectivity index is 1.61. The Bertz CT molecular complexity index is 1990. The van der Waals surface area contributed by atoms with Gasteiger partial charge in [-0.3, -0.25) is 33.6 Å². The smallest absolute Gasteiger partial charge is 0.221 e. The summed E-state index contributed by atoms with van der Waals surface area (Å²) in [7, 11) is 0. The first-order valence-electron chi connectivity index (χ1n) is 26.7. The third kappa shape index (κ3) is 27.8. The normalized spacial score (nSPS) is 13.1. The molecule has 0 saturated heterocycles. The van der Waals surface area contributed by atoms with Gasteiger partial charge in [0.2, 0.25) is 23.6 Å². The van der Waals surface area contributed by atoms with E-state index in [1.165, 1.54) is 0 Å². The molecule has 2 aromatic rings. The molecule has 0 aromatic carbocycles. The number of nitrogens with zero attached hydrogens (tertiary/aromatic N) is 7. The van der Waals surface area contributed by atoms with Gasteiger partial charge in [0.15, 0.2) is 0 Å². The van der Waals surface area contributed by atoms with Gasteiger partial charge in [-0.1, -0.05) is 17.4 Å². The molecular weight excluding hydrogens is 1140 g/mol. The first-order valence-corrected chi connectivity index (χ1v) is 31.3. The molecule has 0 bridgehead atoms. The third-order valence-electron chi connectivity index (χ3n) is 12.2. The monoisotopic (exact) mass is 1230 g/mol. The van der Waals surface area contributed by atoms with Crippen LogP contribution >= 0.6 is 47.0 Å². The number of nitrogens with one attached hydrogen (secondary N) is 6. The van der Waals surface area contributed by atoms with E-state index in [0.29, 0.717) is 65.5 Å². The molecule has 3 heterocycles. The zero-order valence-electron chi connectivity index (χ0n) is 46.2. The minimum atomic E-state index is -1.46. The predicted molar refractivity (Wildman–Crippen MR) is 306 cm³/mol. The number of aromatic nitrogens is 6. The molecular formula is C48H87N13O16S4. The fourth-order valence-corrected chi connectivity index (χ4v) is 10.5. The van der Waals surface area contributed by atoms with Crippen LogP contribution in [-0.4, -0.2) is 265 Å². The van der Waals surface area contributed by atoms with Crippen molar-refractivity contribution in [2.75, 3.05) is 138 Å². The summed E-state index contributed by atoms with van der Waals surface area (Å²) in [5, 5.41) is 115. The Kier molecular flexibility index (Phi) is 35.9. The van der Waals surface area contributed by atoms with Crippen molar-refractivity contribution in [2.45, 2.75) is 100 Å². The SMILES string of the molecule is CCSCCC(=O)NC(COCC1=CN(CCCSCCC(=O)NC(CO)(CO)CO)NN1)(COCc1cn(CCCSCCC(=O)NC(CO)(CO)CO)nn1)COCc1cn(CCCSCCC(=O)NC(CO)(CO)CO)nn1. The van der Waals surface area contributed by atoms with Gasteiger partial charge in [-0.05, 0) is 42.3 Å². The van der Waals surface area contributed by atoms with Crippen molar-refractivity contribution in [2.24, 2.45) is 0 Å². The molecule has 0 saturated carbocycles. The lowest BCUT2D eigenvalue weighted by molar-refractivity contribution is -0.127. The summed E-state index contributed by atoms with van der Waals surface area (Å²) in [4.78, 5) is 50.5. The van der Waals surface area contributed by atoms with Crippen LogP contribution in [0, 0.1) is 0 Å². The largest absolute Gasteiger partial charge is 0.394 e. The molecule has 0 unspecified atom stereocenters. The zero-order valence-corrected chi connectivity index (χ0v) is 49.5. The number of aliphatic hydroxyl groups is 9. The van der Waals surface area contributed by atoms with E-state index in [9.17, 15) is 65.1 Å². The summed E-state index contributed by atoms with van der Waals surface area (Å²) in [6.07, 6.45) is 8.31. The van der Waals surface area contributed by atoms with Gasteiger partial charge in [0.1, 0.15) is 33.5 Å².